The summed E-state index contributed by atoms with van der Waals surface area (Å²) < 4.78 is 27.6. The van der Waals surface area contributed by atoms with Crippen LogP contribution in [0.4, 0.5) is 5.69 Å². The molecule has 2 heterocycles. The lowest BCUT2D eigenvalue weighted by Gasteiger charge is -2.24. The number of hydrogen-bond donors (Lipinski definition) is 2. The van der Waals surface area contributed by atoms with Gasteiger partial charge in [-0.3, -0.25) is 4.79 Å². The third-order valence-corrected chi connectivity index (χ3v) is 6.82. The van der Waals surface area contributed by atoms with Crippen molar-refractivity contribution in [2.45, 2.75) is 30.5 Å². The Balaban J connectivity index is 1.85. The maximum atomic E-state index is 12.4. The molecule has 116 valence electrons. The van der Waals surface area contributed by atoms with Crippen LogP contribution >= 0.6 is 11.3 Å². The molecule has 0 saturated carbocycles. The minimum absolute atomic E-state index is 0.245. The first-order valence-corrected chi connectivity index (χ1v) is 9.15. The summed E-state index contributed by atoms with van der Waals surface area (Å²) >= 11 is 1.21. The third-order valence-electron chi connectivity index (χ3n) is 3.72. The Kier molecular flexibility index (Phi) is 3.80. The number of nitrogens with one attached hydrogen (secondary N) is 2. The van der Waals surface area contributed by atoms with Gasteiger partial charge >= 0.3 is 0 Å². The smallest absolute Gasteiger partial charge is 0.250 e. The first kappa shape index (κ1) is 15.2. The second-order valence-electron chi connectivity index (χ2n) is 5.33. The monoisotopic (exact) mass is 336 g/mol. The number of carbonyl (C=O) groups is 1. The Hall–Kier alpha value is -1.70. The van der Waals surface area contributed by atoms with E-state index in [-0.39, 0.29) is 10.1 Å². The summed E-state index contributed by atoms with van der Waals surface area (Å²) in [5, 5.41) is 2.74. The summed E-state index contributed by atoms with van der Waals surface area (Å²) in [5.74, 6) is -0.327. The fourth-order valence-corrected chi connectivity index (χ4v) is 5.09. The number of sulfonamides is 1. The molecule has 0 saturated heterocycles. The molecule has 1 unspecified atom stereocenters. The lowest BCUT2D eigenvalue weighted by Crippen LogP contribution is -2.47. The minimum atomic E-state index is -3.69. The van der Waals surface area contributed by atoms with Crippen LogP contribution in [0.2, 0.25) is 0 Å². The van der Waals surface area contributed by atoms with E-state index in [1.54, 1.807) is 6.07 Å². The van der Waals surface area contributed by atoms with Crippen LogP contribution in [0.3, 0.4) is 0 Å². The number of hydrogen-bond acceptors (Lipinski definition) is 4. The molecule has 1 aromatic heterocycles. The average Bonchev–Trinajstić information content (AvgIpc) is 2.80. The number of anilines is 1. The molecule has 0 aliphatic carbocycles. The van der Waals surface area contributed by atoms with Crippen molar-refractivity contribution in [1.82, 2.24) is 4.72 Å². The van der Waals surface area contributed by atoms with E-state index in [0.717, 1.165) is 21.7 Å². The summed E-state index contributed by atoms with van der Waals surface area (Å²) in [4.78, 5) is 13.1. The van der Waals surface area contributed by atoms with Crippen molar-refractivity contribution >= 4 is 33.0 Å². The van der Waals surface area contributed by atoms with Crippen LogP contribution < -0.4 is 10.0 Å². The van der Waals surface area contributed by atoms with E-state index in [2.05, 4.69) is 10.0 Å². The molecule has 2 aromatic rings. The highest BCUT2D eigenvalue weighted by Gasteiger charge is 2.31. The van der Waals surface area contributed by atoms with E-state index in [1.807, 2.05) is 38.1 Å². The molecule has 3 rings (SSSR count). The molecular weight excluding hydrogens is 320 g/mol. The Morgan fingerprint density at radius 2 is 2.00 bits per heavy atom. The zero-order chi connectivity index (χ0) is 15.9. The first-order chi connectivity index (χ1) is 10.4. The number of thiophene rings is 1. The largest absolute Gasteiger partial charge is 0.324 e. The molecule has 0 bridgehead atoms. The van der Waals surface area contributed by atoms with Crippen LogP contribution in [-0.2, 0) is 21.2 Å². The van der Waals surface area contributed by atoms with Gasteiger partial charge in [0, 0.05) is 10.6 Å². The fraction of sp³-hybridized carbons (Fsp3) is 0.267. The normalized spacial score (nSPS) is 17.9. The van der Waals surface area contributed by atoms with Crippen LogP contribution in [0.25, 0.3) is 0 Å². The fourth-order valence-electron chi connectivity index (χ4n) is 2.36. The van der Waals surface area contributed by atoms with Gasteiger partial charge in [-0.1, -0.05) is 18.2 Å². The van der Waals surface area contributed by atoms with Gasteiger partial charge in [0.2, 0.25) is 5.91 Å². The molecule has 2 N–H and O–H groups in total. The topological polar surface area (TPSA) is 75.3 Å². The van der Waals surface area contributed by atoms with Crippen molar-refractivity contribution in [2.24, 2.45) is 0 Å². The minimum Gasteiger partial charge on any atom is -0.324 e. The number of carbonyl (C=O) groups excluding carboxylic acids is 1. The lowest BCUT2D eigenvalue weighted by atomic mass is 10.00. The van der Waals surface area contributed by atoms with E-state index in [0.29, 0.717) is 6.42 Å². The van der Waals surface area contributed by atoms with Crippen LogP contribution in [0, 0.1) is 13.8 Å². The highest BCUT2D eigenvalue weighted by molar-refractivity contribution is 7.91. The second kappa shape index (κ2) is 5.49. The van der Waals surface area contributed by atoms with E-state index >= 15 is 0 Å². The van der Waals surface area contributed by atoms with Gasteiger partial charge in [0.1, 0.15) is 10.3 Å². The van der Waals surface area contributed by atoms with E-state index < -0.39 is 16.1 Å². The summed E-state index contributed by atoms with van der Waals surface area (Å²) in [7, 11) is -3.69. The Bertz CT molecular complexity index is 821. The van der Waals surface area contributed by atoms with Gasteiger partial charge in [-0.2, -0.15) is 4.72 Å². The maximum Gasteiger partial charge on any atom is 0.250 e. The van der Waals surface area contributed by atoms with Gasteiger partial charge < -0.3 is 5.32 Å². The average molecular weight is 336 g/mol. The molecule has 0 fully saturated rings. The zero-order valence-electron chi connectivity index (χ0n) is 12.2. The van der Waals surface area contributed by atoms with Gasteiger partial charge in [0.05, 0.1) is 0 Å². The van der Waals surface area contributed by atoms with Crippen LogP contribution in [0.1, 0.15) is 16.0 Å². The van der Waals surface area contributed by atoms with Crippen molar-refractivity contribution in [2.75, 3.05) is 5.32 Å². The SMILES string of the molecule is Cc1cc(S(=O)(=O)NC2Cc3ccccc3NC2=O)sc1C. The van der Waals surface area contributed by atoms with Gasteiger partial charge in [-0.05, 0) is 43.5 Å². The molecule has 0 radical (unpaired) electrons. The summed E-state index contributed by atoms with van der Waals surface area (Å²) in [5.41, 5.74) is 2.60. The molecule has 7 heteroatoms. The lowest BCUT2D eigenvalue weighted by molar-refractivity contribution is -0.118. The van der Waals surface area contributed by atoms with E-state index in [9.17, 15) is 13.2 Å². The number of fused-ring (bicyclic) bond motifs is 1. The second-order valence-corrected chi connectivity index (χ2v) is 8.53. The van der Waals surface area contributed by atoms with Gasteiger partial charge in [0.25, 0.3) is 10.0 Å². The Labute approximate surface area is 133 Å². The van der Waals surface area contributed by atoms with Crippen molar-refractivity contribution in [3.63, 3.8) is 0 Å². The predicted molar refractivity (Wildman–Crippen MR) is 86.7 cm³/mol. The maximum absolute atomic E-state index is 12.4. The predicted octanol–water partition coefficient (Wildman–Crippen LogP) is 2.21. The van der Waals surface area contributed by atoms with Crippen molar-refractivity contribution in [3.05, 3.63) is 46.3 Å². The molecular formula is C15H16N2O3S2. The van der Waals surface area contributed by atoms with Crippen molar-refractivity contribution in [1.29, 1.82) is 0 Å². The van der Waals surface area contributed by atoms with Crippen LogP contribution in [-0.4, -0.2) is 20.4 Å². The van der Waals surface area contributed by atoms with Crippen LogP contribution in [0.5, 0.6) is 0 Å². The quantitative estimate of drug-likeness (QED) is 0.902. The number of aryl methyl sites for hydroxylation is 2. The van der Waals surface area contributed by atoms with Gasteiger partial charge in [0.15, 0.2) is 0 Å². The zero-order valence-corrected chi connectivity index (χ0v) is 13.8. The van der Waals surface area contributed by atoms with E-state index in [4.69, 9.17) is 0 Å². The van der Waals surface area contributed by atoms with E-state index in [1.165, 1.54) is 11.3 Å². The summed E-state index contributed by atoms with van der Waals surface area (Å²) in [6.07, 6.45) is 0.352. The number of benzene rings is 1. The third kappa shape index (κ3) is 2.79. The molecule has 5 nitrogen and oxygen atoms in total. The number of rotatable bonds is 3. The highest BCUT2D eigenvalue weighted by atomic mass is 32.2. The highest BCUT2D eigenvalue weighted by Crippen LogP contribution is 2.27. The summed E-state index contributed by atoms with van der Waals surface area (Å²) in [6, 6.07) is 8.24. The van der Waals surface area contributed by atoms with Crippen molar-refractivity contribution in [3.8, 4) is 0 Å². The molecule has 1 aliphatic heterocycles. The number of para-hydroxylation sites is 1. The molecule has 1 atom stereocenters. The molecule has 0 spiro atoms. The van der Waals surface area contributed by atoms with Crippen LogP contribution in [0.15, 0.2) is 34.5 Å². The Morgan fingerprint density at radius 1 is 1.27 bits per heavy atom. The number of amides is 1. The molecule has 1 amide bonds. The first-order valence-electron chi connectivity index (χ1n) is 6.85. The van der Waals surface area contributed by atoms with Crippen molar-refractivity contribution < 1.29 is 13.2 Å². The molecule has 1 aromatic carbocycles. The van der Waals surface area contributed by atoms with Gasteiger partial charge in [-0.15, -0.1) is 11.3 Å². The molecule has 22 heavy (non-hydrogen) atoms. The van der Waals surface area contributed by atoms with Gasteiger partial charge in [-0.25, -0.2) is 8.42 Å². The summed E-state index contributed by atoms with van der Waals surface area (Å²) in [6.45, 7) is 3.75. The standard InChI is InChI=1S/C15H16N2O3S2/c1-9-7-14(21-10(9)2)22(19,20)17-13-8-11-5-3-4-6-12(11)16-15(13)18/h3-7,13,17H,8H2,1-2H3,(H,16,18). The Morgan fingerprint density at radius 3 is 2.68 bits per heavy atom. The molecule has 1 aliphatic rings.